The smallest absolute Gasteiger partial charge is 0.134 e. The minimum Gasteiger partial charge on any atom is -0.459 e. The quantitative estimate of drug-likeness (QED) is 0.858. The first kappa shape index (κ1) is 13.7. The summed E-state index contributed by atoms with van der Waals surface area (Å²) >= 11 is 0. The van der Waals surface area contributed by atoms with E-state index in [9.17, 15) is 0 Å². The molecule has 3 unspecified atom stereocenters. The van der Waals surface area contributed by atoms with Crippen LogP contribution in [0.5, 0.6) is 0 Å². The maximum Gasteiger partial charge on any atom is 0.134 e. The number of fused-ring (bicyclic) bond motifs is 1. The zero-order chi connectivity index (χ0) is 14.3. The number of para-hydroxylation sites is 1. The van der Waals surface area contributed by atoms with Crippen LogP contribution in [0.3, 0.4) is 0 Å². The Morgan fingerprint density at radius 3 is 2.65 bits per heavy atom. The molecule has 0 bridgehead atoms. The van der Waals surface area contributed by atoms with Crippen molar-refractivity contribution in [2.75, 3.05) is 0 Å². The van der Waals surface area contributed by atoms with Crippen molar-refractivity contribution in [1.82, 2.24) is 5.32 Å². The second-order valence-electron chi connectivity index (χ2n) is 7.23. The topological polar surface area (TPSA) is 25.2 Å². The van der Waals surface area contributed by atoms with Crippen LogP contribution in [-0.4, -0.2) is 6.04 Å². The monoisotopic (exact) mass is 271 g/mol. The summed E-state index contributed by atoms with van der Waals surface area (Å²) in [6.07, 6.45) is 2.55. The molecule has 0 aliphatic heterocycles. The summed E-state index contributed by atoms with van der Waals surface area (Å²) in [6, 6.07) is 11.2. The molecule has 1 fully saturated rings. The van der Waals surface area contributed by atoms with Gasteiger partial charge >= 0.3 is 0 Å². The summed E-state index contributed by atoms with van der Waals surface area (Å²) < 4.78 is 5.96. The van der Waals surface area contributed by atoms with Crippen LogP contribution in [0.25, 0.3) is 11.0 Å². The molecule has 20 heavy (non-hydrogen) atoms. The SMILES string of the molecule is CC(NC1CC(C)(C)CC1C)c1cc2ccccc2o1. The van der Waals surface area contributed by atoms with Crippen LogP contribution >= 0.6 is 0 Å². The Morgan fingerprint density at radius 1 is 1.25 bits per heavy atom. The van der Waals surface area contributed by atoms with E-state index in [0.29, 0.717) is 11.5 Å². The van der Waals surface area contributed by atoms with Gasteiger partial charge in [0.25, 0.3) is 0 Å². The maximum atomic E-state index is 5.96. The van der Waals surface area contributed by atoms with Crippen molar-refractivity contribution >= 4 is 11.0 Å². The van der Waals surface area contributed by atoms with Crippen LogP contribution in [0.4, 0.5) is 0 Å². The van der Waals surface area contributed by atoms with Gasteiger partial charge in [0.1, 0.15) is 11.3 Å². The highest BCUT2D eigenvalue weighted by molar-refractivity contribution is 5.77. The van der Waals surface area contributed by atoms with Crippen LogP contribution in [0.15, 0.2) is 34.7 Å². The molecule has 2 heteroatoms. The van der Waals surface area contributed by atoms with Crippen molar-refractivity contribution in [3.05, 3.63) is 36.1 Å². The normalized spacial score (nSPS) is 27.0. The third kappa shape index (κ3) is 2.62. The van der Waals surface area contributed by atoms with Crippen molar-refractivity contribution in [2.45, 2.75) is 52.6 Å². The van der Waals surface area contributed by atoms with Gasteiger partial charge in [-0.1, -0.05) is 39.0 Å². The van der Waals surface area contributed by atoms with E-state index in [1.54, 1.807) is 0 Å². The molecule has 2 aromatic rings. The standard InChI is InChI=1S/C18H25NO/c1-12-10-18(3,4)11-15(12)19-13(2)17-9-14-7-5-6-8-16(14)20-17/h5-9,12-13,15,19H,10-11H2,1-4H3. The Hall–Kier alpha value is -1.28. The van der Waals surface area contributed by atoms with Crippen LogP contribution in [0.1, 0.15) is 52.3 Å². The van der Waals surface area contributed by atoms with Crippen LogP contribution < -0.4 is 5.32 Å². The molecule has 3 rings (SSSR count). The van der Waals surface area contributed by atoms with Crippen molar-refractivity contribution < 1.29 is 4.42 Å². The lowest BCUT2D eigenvalue weighted by molar-refractivity contribution is 0.342. The molecule has 3 atom stereocenters. The first-order valence-corrected chi connectivity index (χ1v) is 7.69. The van der Waals surface area contributed by atoms with Gasteiger partial charge in [0.05, 0.1) is 6.04 Å². The Bertz CT molecular complexity index is 565. The first-order valence-electron chi connectivity index (χ1n) is 7.69. The molecule has 1 aromatic heterocycles. The largest absolute Gasteiger partial charge is 0.459 e. The van der Waals surface area contributed by atoms with Gasteiger partial charge in [-0.2, -0.15) is 0 Å². The lowest BCUT2D eigenvalue weighted by Crippen LogP contribution is -2.33. The van der Waals surface area contributed by atoms with E-state index in [2.05, 4.69) is 51.2 Å². The number of hydrogen-bond donors (Lipinski definition) is 1. The van der Waals surface area contributed by atoms with E-state index in [1.165, 1.54) is 18.2 Å². The summed E-state index contributed by atoms with van der Waals surface area (Å²) in [6.45, 7) is 9.31. The Morgan fingerprint density at radius 2 is 2.00 bits per heavy atom. The second-order valence-corrected chi connectivity index (χ2v) is 7.23. The molecule has 1 aliphatic carbocycles. The molecule has 0 saturated heterocycles. The Labute approximate surface area is 121 Å². The van der Waals surface area contributed by atoms with Crippen LogP contribution in [0, 0.1) is 11.3 Å². The summed E-state index contributed by atoms with van der Waals surface area (Å²) in [5, 5.41) is 4.96. The van der Waals surface area contributed by atoms with Gasteiger partial charge in [-0.25, -0.2) is 0 Å². The van der Waals surface area contributed by atoms with E-state index >= 15 is 0 Å². The minimum absolute atomic E-state index is 0.267. The number of rotatable bonds is 3. The molecule has 1 aliphatic rings. The number of hydrogen-bond acceptors (Lipinski definition) is 2. The number of benzene rings is 1. The highest BCUT2D eigenvalue weighted by atomic mass is 16.3. The van der Waals surface area contributed by atoms with Crippen molar-refractivity contribution in [3.63, 3.8) is 0 Å². The van der Waals surface area contributed by atoms with Crippen LogP contribution in [-0.2, 0) is 0 Å². The zero-order valence-electron chi connectivity index (χ0n) is 12.9. The van der Waals surface area contributed by atoms with E-state index < -0.39 is 0 Å². The van der Waals surface area contributed by atoms with Gasteiger partial charge in [0.2, 0.25) is 0 Å². The average molecular weight is 271 g/mol. The van der Waals surface area contributed by atoms with Gasteiger partial charge in [0, 0.05) is 11.4 Å². The summed E-state index contributed by atoms with van der Waals surface area (Å²) in [7, 11) is 0. The van der Waals surface area contributed by atoms with Gasteiger partial charge in [0.15, 0.2) is 0 Å². The highest BCUT2D eigenvalue weighted by Crippen LogP contribution is 2.41. The predicted molar refractivity (Wildman–Crippen MR) is 83.7 cm³/mol. The van der Waals surface area contributed by atoms with Crippen molar-refractivity contribution in [2.24, 2.45) is 11.3 Å². The Kier molecular flexibility index (Phi) is 3.37. The summed E-state index contributed by atoms with van der Waals surface area (Å²) in [4.78, 5) is 0. The molecule has 1 heterocycles. The van der Waals surface area contributed by atoms with Crippen molar-refractivity contribution in [1.29, 1.82) is 0 Å². The maximum absolute atomic E-state index is 5.96. The van der Waals surface area contributed by atoms with E-state index in [0.717, 1.165) is 17.3 Å². The molecular formula is C18H25NO. The second kappa shape index (κ2) is 4.92. The van der Waals surface area contributed by atoms with Crippen LogP contribution in [0.2, 0.25) is 0 Å². The predicted octanol–water partition coefficient (Wildman–Crippen LogP) is 4.91. The molecule has 1 aromatic carbocycles. The lowest BCUT2D eigenvalue weighted by atomic mass is 9.91. The summed E-state index contributed by atoms with van der Waals surface area (Å²) in [5.74, 6) is 1.78. The van der Waals surface area contributed by atoms with Gasteiger partial charge in [-0.05, 0) is 43.2 Å². The fraction of sp³-hybridized carbons (Fsp3) is 0.556. The first-order chi connectivity index (χ1) is 9.44. The minimum atomic E-state index is 0.267. The van der Waals surface area contributed by atoms with E-state index in [4.69, 9.17) is 4.42 Å². The highest BCUT2D eigenvalue weighted by Gasteiger charge is 2.37. The molecule has 0 spiro atoms. The Balaban J connectivity index is 1.74. The molecule has 1 N–H and O–H groups in total. The average Bonchev–Trinajstić information content (AvgIpc) is 2.90. The fourth-order valence-electron chi connectivity index (χ4n) is 3.74. The van der Waals surface area contributed by atoms with Gasteiger partial charge in [-0.3, -0.25) is 0 Å². The summed E-state index contributed by atoms with van der Waals surface area (Å²) in [5.41, 5.74) is 1.45. The van der Waals surface area contributed by atoms with Gasteiger partial charge < -0.3 is 9.73 Å². The van der Waals surface area contributed by atoms with Gasteiger partial charge in [-0.15, -0.1) is 0 Å². The molecule has 0 amide bonds. The molecular weight excluding hydrogens is 246 g/mol. The molecule has 0 radical (unpaired) electrons. The molecule has 1 saturated carbocycles. The van der Waals surface area contributed by atoms with Crippen molar-refractivity contribution in [3.8, 4) is 0 Å². The van der Waals surface area contributed by atoms with E-state index in [-0.39, 0.29) is 6.04 Å². The fourth-order valence-corrected chi connectivity index (χ4v) is 3.74. The van der Waals surface area contributed by atoms with E-state index in [1.807, 2.05) is 12.1 Å². The number of furan rings is 1. The third-order valence-electron chi connectivity index (χ3n) is 4.67. The molecule has 108 valence electrons. The number of nitrogens with one attached hydrogen (secondary N) is 1. The molecule has 2 nitrogen and oxygen atoms in total. The third-order valence-corrected chi connectivity index (χ3v) is 4.67. The lowest BCUT2D eigenvalue weighted by Gasteiger charge is -2.22. The zero-order valence-corrected chi connectivity index (χ0v) is 12.9.